The molecule has 4 nitrogen and oxygen atoms in total. The number of aryl methyl sites for hydroxylation is 2. The van der Waals surface area contributed by atoms with E-state index in [9.17, 15) is 0 Å². The Morgan fingerprint density at radius 3 is 2.20 bits per heavy atom. The Labute approximate surface area is 121 Å². The van der Waals surface area contributed by atoms with Gasteiger partial charge >= 0.3 is 0 Å². The van der Waals surface area contributed by atoms with Gasteiger partial charge in [-0.1, -0.05) is 12.1 Å². The third-order valence-corrected chi connectivity index (χ3v) is 3.16. The molecule has 1 heterocycles. The average Bonchev–Trinajstić information content (AvgIpc) is 2.37. The molecule has 0 radical (unpaired) electrons. The number of rotatable bonds is 4. The number of nitrogens with zero attached hydrogens (tertiary/aromatic N) is 4. The largest absolute Gasteiger partial charge is 0.378 e. The summed E-state index contributed by atoms with van der Waals surface area (Å²) in [6, 6.07) is 10.5. The lowest BCUT2D eigenvalue weighted by molar-refractivity contribution is 0.851. The Bertz CT molecular complexity index is 573. The topological polar surface area (TPSA) is 32.3 Å². The quantitative estimate of drug-likeness (QED) is 0.855. The number of benzene rings is 1. The molecule has 20 heavy (non-hydrogen) atoms. The number of hydrogen-bond donors (Lipinski definition) is 0. The van der Waals surface area contributed by atoms with Gasteiger partial charge in [0.1, 0.15) is 0 Å². The number of aromatic nitrogens is 2. The van der Waals surface area contributed by atoms with Gasteiger partial charge in [0.15, 0.2) is 0 Å². The number of hydrogen-bond acceptors (Lipinski definition) is 4. The molecule has 0 atom stereocenters. The van der Waals surface area contributed by atoms with E-state index < -0.39 is 0 Å². The highest BCUT2D eigenvalue weighted by molar-refractivity contribution is 5.48. The summed E-state index contributed by atoms with van der Waals surface area (Å²) in [7, 11) is 6.13. The van der Waals surface area contributed by atoms with E-state index in [0.717, 1.165) is 23.9 Å². The van der Waals surface area contributed by atoms with Gasteiger partial charge in [0.05, 0.1) is 0 Å². The van der Waals surface area contributed by atoms with Gasteiger partial charge in [0, 0.05) is 44.8 Å². The Morgan fingerprint density at radius 1 is 0.950 bits per heavy atom. The van der Waals surface area contributed by atoms with Crippen molar-refractivity contribution < 1.29 is 0 Å². The van der Waals surface area contributed by atoms with Gasteiger partial charge in [0.2, 0.25) is 5.95 Å². The van der Waals surface area contributed by atoms with Gasteiger partial charge in [-0.05, 0) is 37.6 Å². The smallest absolute Gasteiger partial charge is 0.225 e. The van der Waals surface area contributed by atoms with Gasteiger partial charge in [-0.3, -0.25) is 0 Å². The van der Waals surface area contributed by atoms with E-state index in [1.165, 1.54) is 11.3 Å². The molecular formula is C16H22N4. The molecule has 0 unspecified atom stereocenters. The fourth-order valence-corrected chi connectivity index (χ4v) is 2.16. The van der Waals surface area contributed by atoms with Crippen molar-refractivity contribution in [2.24, 2.45) is 0 Å². The minimum Gasteiger partial charge on any atom is -0.378 e. The van der Waals surface area contributed by atoms with Crippen LogP contribution in [0.5, 0.6) is 0 Å². The molecule has 4 heteroatoms. The summed E-state index contributed by atoms with van der Waals surface area (Å²) in [4.78, 5) is 13.2. The predicted octanol–water partition coefficient (Wildman–Crippen LogP) is 2.80. The lowest BCUT2D eigenvalue weighted by Gasteiger charge is -2.19. The minimum absolute atomic E-state index is 0.776. The zero-order valence-corrected chi connectivity index (χ0v) is 12.9. The number of anilines is 2. The van der Waals surface area contributed by atoms with Crippen molar-refractivity contribution in [1.29, 1.82) is 0 Å². The maximum Gasteiger partial charge on any atom is 0.225 e. The third-order valence-electron chi connectivity index (χ3n) is 3.16. The van der Waals surface area contributed by atoms with E-state index >= 15 is 0 Å². The highest BCUT2D eigenvalue weighted by Crippen LogP contribution is 2.17. The van der Waals surface area contributed by atoms with Crippen molar-refractivity contribution in [2.45, 2.75) is 20.4 Å². The average molecular weight is 270 g/mol. The van der Waals surface area contributed by atoms with E-state index in [4.69, 9.17) is 0 Å². The van der Waals surface area contributed by atoms with Crippen LogP contribution >= 0.6 is 0 Å². The van der Waals surface area contributed by atoms with Crippen LogP contribution in [-0.2, 0) is 6.54 Å². The zero-order chi connectivity index (χ0) is 14.7. The van der Waals surface area contributed by atoms with E-state index in [0.29, 0.717) is 0 Å². The summed E-state index contributed by atoms with van der Waals surface area (Å²) in [5, 5.41) is 0. The lowest BCUT2D eigenvalue weighted by atomic mass is 10.2. The van der Waals surface area contributed by atoms with Crippen molar-refractivity contribution in [3.8, 4) is 0 Å². The second-order valence-electron chi connectivity index (χ2n) is 5.37. The van der Waals surface area contributed by atoms with Crippen LogP contribution in [0.3, 0.4) is 0 Å². The monoisotopic (exact) mass is 270 g/mol. The lowest BCUT2D eigenvalue weighted by Crippen LogP contribution is -2.20. The van der Waals surface area contributed by atoms with Crippen molar-refractivity contribution in [3.63, 3.8) is 0 Å². The fraction of sp³-hybridized carbons (Fsp3) is 0.375. The van der Waals surface area contributed by atoms with Gasteiger partial charge in [-0.2, -0.15) is 0 Å². The summed E-state index contributed by atoms with van der Waals surface area (Å²) in [5.74, 6) is 0.776. The van der Waals surface area contributed by atoms with E-state index in [-0.39, 0.29) is 0 Å². The van der Waals surface area contributed by atoms with Gasteiger partial charge in [-0.25, -0.2) is 9.97 Å². The van der Waals surface area contributed by atoms with E-state index in [1.54, 1.807) is 0 Å². The van der Waals surface area contributed by atoms with Gasteiger partial charge in [-0.15, -0.1) is 0 Å². The molecule has 0 aliphatic carbocycles. The standard InChI is InChI=1S/C16H22N4/c1-12-9-13(2)18-16(17-12)20(5)11-14-7-6-8-15(10-14)19(3)4/h6-10H,11H2,1-5H3. The first-order valence-electron chi connectivity index (χ1n) is 6.75. The Kier molecular flexibility index (Phi) is 4.23. The van der Waals surface area contributed by atoms with Crippen LogP contribution in [0.25, 0.3) is 0 Å². The molecule has 2 aromatic rings. The summed E-state index contributed by atoms with van der Waals surface area (Å²) < 4.78 is 0. The molecule has 0 aliphatic rings. The maximum absolute atomic E-state index is 4.49. The van der Waals surface area contributed by atoms with E-state index in [2.05, 4.69) is 58.1 Å². The van der Waals surface area contributed by atoms with Crippen molar-refractivity contribution >= 4 is 11.6 Å². The fourth-order valence-electron chi connectivity index (χ4n) is 2.16. The molecule has 0 aliphatic heterocycles. The Hall–Kier alpha value is -2.10. The van der Waals surface area contributed by atoms with Crippen LogP contribution in [0.4, 0.5) is 11.6 Å². The first-order chi connectivity index (χ1) is 9.45. The molecule has 0 spiro atoms. The van der Waals surface area contributed by atoms with Crippen LogP contribution in [-0.4, -0.2) is 31.1 Å². The second-order valence-corrected chi connectivity index (χ2v) is 5.37. The zero-order valence-electron chi connectivity index (χ0n) is 12.9. The molecule has 0 N–H and O–H groups in total. The summed E-state index contributed by atoms with van der Waals surface area (Å²) in [6.45, 7) is 4.79. The van der Waals surface area contributed by atoms with Crippen molar-refractivity contribution in [2.75, 3.05) is 30.9 Å². The molecule has 1 aromatic heterocycles. The SMILES string of the molecule is Cc1cc(C)nc(N(C)Cc2cccc(N(C)C)c2)n1. The molecule has 106 valence electrons. The molecule has 0 amide bonds. The van der Waals surface area contributed by atoms with Crippen molar-refractivity contribution in [1.82, 2.24) is 9.97 Å². The maximum atomic E-state index is 4.49. The van der Waals surface area contributed by atoms with Crippen molar-refractivity contribution in [3.05, 3.63) is 47.3 Å². The molecule has 0 bridgehead atoms. The third kappa shape index (κ3) is 3.47. The van der Waals surface area contributed by atoms with Crippen LogP contribution < -0.4 is 9.80 Å². The Balaban J connectivity index is 2.18. The Morgan fingerprint density at radius 2 is 1.60 bits per heavy atom. The minimum atomic E-state index is 0.776. The predicted molar refractivity (Wildman–Crippen MR) is 84.4 cm³/mol. The second kappa shape index (κ2) is 5.90. The van der Waals surface area contributed by atoms with Crippen LogP contribution in [0.1, 0.15) is 17.0 Å². The first-order valence-corrected chi connectivity index (χ1v) is 6.75. The molecule has 1 aromatic carbocycles. The summed E-state index contributed by atoms with van der Waals surface area (Å²) in [6.07, 6.45) is 0. The molecule has 0 saturated heterocycles. The molecular weight excluding hydrogens is 248 g/mol. The molecule has 0 saturated carbocycles. The normalized spacial score (nSPS) is 10.4. The molecule has 2 rings (SSSR count). The molecule has 0 fully saturated rings. The first kappa shape index (κ1) is 14.3. The summed E-state index contributed by atoms with van der Waals surface area (Å²) in [5.41, 5.74) is 4.46. The van der Waals surface area contributed by atoms with E-state index in [1.807, 2.05) is 27.0 Å². The highest BCUT2D eigenvalue weighted by atomic mass is 15.2. The van der Waals surface area contributed by atoms with Gasteiger partial charge in [0.25, 0.3) is 0 Å². The summed E-state index contributed by atoms with van der Waals surface area (Å²) >= 11 is 0. The van der Waals surface area contributed by atoms with Crippen LogP contribution in [0.2, 0.25) is 0 Å². The van der Waals surface area contributed by atoms with Crippen LogP contribution in [0, 0.1) is 13.8 Å². The highest BCUT2D eigenvalue weighted by Gasteiger charge is 2.07. The van der Waals surface area contributed by atoms with Crippen LogP contribution in [0.15, 0.2) is 30.3 Å². The van der Waals surface area contributed by atoms with Gasteiger partial charge < -0.3 is 9.80 Å².